The number of aromatic nitrogens is 2. The highest BCUT2D eigenvalue weighted by atomic mass is 32.1. The molecule has 0 aliphatic rings. The van der Waals surface area contributed by atoms with Crippen LogP contribution in [0.15, 0.2) is 29.1 Å². The summed E-state index contributed by atoms with van der Waals surface area (Å²) in [5.74, 6) is -1.56. The van der Waals surface area contributed by atoms with Gasteiger partial charge in [-0.05, 0) is 24.4 Å². The maximum absolute atomic E-state index is 12.4. The number of hydrogen-bond acceptors (Lipinski definition) is 4. The molecule has 1 aromatic heterocycles. The Morgan fingerprint density at radius 2 is 1.85 bits per heavy atom. The molecule has 0 fully saturated rings. The van der Waals surface area contributed by atoms with Gasteiger partial charge in [-0.2, -0.15) is 13.2 Å². The van der Waals surface area contributed by atoms with Crippen molar-refractivity contribution in [1.29, 1.82) is 0 Å². The van der Waals surface area contributed by atoms with Crippen molar-refractivity contribution in [2.75, 3.05) is 13.1 Å². The highest BCUT2D eigenvalue weighted by molar-refractivity contribution is 7.71. The predicted molar refractivity (Wildman–Crippen MR) is 90.1 cm³/mol. The highest BCUT2D eigenvalue weighted by Gasteiger charge is 2.27. The van der Waals surface area contributed by atoms with Crippen LogP contribution in [0.2, 0.25) is 0 Å². The molecule has 2 rings (SSSR count). The largest absolute Gasteiger partial charge is 0.405 e. The summed E-state index contributed by atoms with van der Waals surface area (Å²) in [6.07, 6.45) is -4.68. The summed E-state index contributed by atoms with van der Waals surface area (Å²) in [7, 11) is 0. The monoisotopic (exact) mass is 388 g/mol. The van der Waals surface area contributed by atoms with Gasteiger partial charge in [0.25, 0.3) is 5.56 Å². The third kappa shape index (κ3) is 5.41. The van der Waals surface area contributed by atoms with Crippen LogP contribution in [0.1, 0.15) is 6.42 Å². The van der Waals surface area contributed by atoms with Crippen molar-refractivity contribution in [2.24, 2.45) is 0 Å². The Kier molecular flexibility index (Phi) is 6.14. The molecule has 0 aliphatic heterocycles. The molecule has 0 saturated heterocycles. The van der Waals surface area contributed by atoms with Crippen molar-refractivity contribution < 1.29 is 22.8 Å². The van der Waals surface area contributed by atoms with Crippen molar-refractivity contribution in [3.63, 3.8) is 0 Å². The van der Waals surface area contributed by atoms with Crippen LogP contribution in [-0.4, -0.2) is 40.6 Å². The number of halogens is 3. The van der Waals surface area contributed by atoms with E-state index in [9.17, 15) is 27.6 Å². The van der Waals surface area contributed by atoms with Gasteiger partial charge >= 0.3 is 6.18 Å². The lowest BCUT2D eigenvalue weighted by Gasteiger charge is -2.10. The second-order valence-electron chi connectivity index (χ2n) is 5.35. The molecule has 0 atom stereocenters. The van der Waals surface area contributed by atoms with E-state index in [1.54, 1.807) is 29.6 Å². The number of H-pyrrole nitrogens is 1. The van der Waals surface area contributed by atoms with Gasteiger partial charge in [-0.15, -0.1) is 0 Å². The molecular formula is C15H15F3N4O3S. The molecule has 0 unspecified atom stereocenters. The van der Waals surface area contributed by atoms with Crippen molar-refractivity contribution in [1.82, 2.24) is 20.2 Å². The first-order valence-corrected chi connectivity index (χ1v) is 7.90. The number of hydrogen-bond donors (Lipinski definition) is 3. The number of nitrogens with one attached hydrogen (secondary N) is 3. The normalized spacial score (nSPS) is 11.3. The molecule has 7 nitrogen and oxygen atoms in total. The topological polar surface area (TPSA) is 96.0 Å². The number of carbonyl (C=O) groups is 2. The number of alkyl halides is 3. The Morgan fingerprint density at radius 3 is 2.54 bits per heavy atom. The summed E-state index contributed by atoms with van der Waals surface area (Å²) < 4.78 is 37.2. The lowest BCUT2D eigenvalue weighted by molar-refractivity contribution is -0.138. The second kappa shape index (κ2) is 8.13. The van der Waals surface area contributed by atoms with E-state index in [1.165, 1.54) is 4.57 Å². The molecule has 0 saturated carbocycles. The maximum Gasteiger partial charge on any atom is 0.405 e. The first-order valence-electron chi connectivity index (χ1n) is 7.49. The molecular weight excluding hydrogens is 373 g/mol. The summed E-state index contributed by atoms with van der Waals surface area (Å²) in [5, 5.41) is 4.23. The lowest BCUT2D eigenvalue weighted by Crippen LogP contribution is -2.41. The van der Waals surface area contributed by atoms with E-state index >= 15 is 0 Å². The van der Waals surface area contributed by atoms with E-state index in [0.717, 1.165) is 0 Å². The van der Waals surface area contributed by atoms with Gasteiger partial charge in [0.2, 0.25) is 11.8 Å². The van der Waals surface area contributed by atoms with Gasteiger partial charge in [-0.25, -0.2) is 0 Å². The molecule has 0 spiro atoms. The molecule has 0 bridgehead atoms. The quantitative estimate of drug-likeness (QED) is 0.649. The van der Waals surface area contributed by atoms with Crippen LogP contribution in [0.5, 0.6) is 0 Å². The van der Waals surface area contributed by atoms with Crippen molar-refractivity contribution >= 4 is 34.9 Å². The molecule has 1 heterocycles. The molecule has 0 aliphatic carbocycles. The molecule has 0 radical (unpaired) electrons. The smallest absolute Gasteiger partial charge is 0.347 e. The van der Waals surface area contributed by atoms with E-state index in [1.807, 2.05) is 0 Å². The average Bonchev–Trinajstić information content (AvgIpc) is 2.57. The summed E-state index contributed by atoms with van der Waals surface area (Å²) in [6.45, 7) is -2.09. The summed E-state index contributed by atoms with van der Waals surface area (Å²) in [6, 6.07) is 6.75. The summed E-state index contributed by atoms with van der Waals surface area (Å²) >= 11 is 5.10. The number of aromatic amines is 1. The third-order valence-electron chi connectivity index (χ3n) is 3.38. The number of fused-ring (bicyclic) bond motifs is 1. The zero-order valence-electron chi connectivity index (χ0n) is 13.4. The number of benzene rings is 1. The fourth-order valence-electron chi connectivity index (χ4n) is 2.14. The summed E-state index contributed by atoms with van der Waals surface area (Å²) in [5.41, 5.74) is 0.213. The van der Waals surface area contributed by atoms with Crippen LogP contribution in [-0.2, 0) is 16.1 Å². The molecule has 140 valence electrons. The van der Waals surface area contributed by atoms with E-state index < -0.39 is 31.1 Å². The minimum absolute atomic E-state index is 0.0327. The van der Waals surface area contributed by atoms with E-state index in [-0.39, 0.29) is 23.3 Å². The number of carbonyl (C=O) groups excluding carboxylic acids is 2. The van der Waals surface area contributed by atoms with Gasteiger partial charge in [-0.1, -0.05) is 12.1 Å². The van der Waals surface area contributed by atoms with Gasteiger partial charge in [0.1, 0.15) is 6.54 Å². The predicted octanol–water partition coefficient (Wildman–Crippen LogP) is 1.24. The van der Waals surface area contributed by atoms with Gasteiger partial charge in [0.15, 0.2) is 4.77 Å². The Balaban J connectivity index is 1.92. The zero-order chi connectivity index (χ0) is 19.3. The highest BCUT2D eigenvalue weighted by Crippen LogP contribution is 2.11. The number of amides is 2. The van der Waals surface area contributed by atoms with E-state index in [4.69, 9.17) is 12.2 Å². The lowest BCUT2D eigenvalue weighted by atomic mass is 10.2. The Morgan fingerprint density at radius 1 is 1.15 bits per heavy atom. The van der Waals surface area contributed by atoms with E-state index in [0.29, 0.717) is 10.9 Å². The van der Waals surface area contributed by atoms with Gasteiger partial charge in [0.05, 0.1) is 17.4 Å². The van der Waals surface area contributed by atoms with Crippen LogP contribution in [0.3, 0.4) is 0 Å². The minimum Gasteiger partial charge on any atom is -0.347 e. The second-order valence-corrected chi connectivity index (χ2v) is 5.74. The van der Waals surface area contributed by atoms with Crippen LogP contribution in [0.4, 0.5) is 13.2 Å². The number of nitrogens with zero attached hydrogens (tertiary/aromatic N) is 1. The molecule has 2 aromatic rings. The van der Waals surface area contributed by atoms with Crippen molar-refractivity contribution in [2.45, 2.75) is 19.1 Å². The van der Waals surface area contributed by atoms with Gasteiger partial charge in [-0.3, -0.25) is 19.0 Å². The fraction of sp³-hybridized carbons (Fsp3) is 0.333. The SMILES string of the molecule is O=C(CCn1c(=S)[nH]c2ccccc2c1=O)NCC(=O)NCC(F)(F)F. The maximum atomic E-state index is 12.4. The molecule has 2 amide bonds. The summed E-state index contributed by atoms with van der Waals surface area (Å²) in [4.78, 5) is 38.2. The fourth-order valence-corrected chi connectivity index (χ4v) is 2.43. The average molecular weight is 388 g/mol. The van der Waals surface area contributed by atoms with Crippen molar-refractivity contribution in [3.05, 3.63) is 39.4 Å². The standard InChI is InChI=1S/C15H15F3N4O3S/c16-15(17,18)8-20-12(24)7-19-11(23)5-6-22-13(25)9-3-1-2-4-10(9)21-14(22)26/h1-4H,5-8H2,(H,19,23)(H,20,24)(H,21,26). The molecule has 1 aromatic carbocycles. The Hall–Kier alpha value is -2.69. The van der Waals surface area contributed by atoms with E-state index in [2.05, 4.69) is 10.3 Å². The van der Waals surface area contributed by atoms with Crippen LogP contribution >= 0.6 is 12.2 Å². The molecule has 26 heavy (non-hydrogen) atoms. The van der Waals surface area contributed by atoms with Crippen molar-refractivity contribution in [3.8, 4) is 0 Å². The zero-order valence-corrected chi connectivity index (χ0v) is 14.2. The minimum atomic E-state index is -4.52. The Bertz CT molecular complexity index is 936. The Labute approximate surface area is 150 Å². The number of para-hydroxylation sites is 1. The molecule has 3 N–H and O–H groups in total. The first-order chi connectivity index (χ1) is 12.2. The van der Waals surface area contributed by atoms with Gasteiger partial charge in [0, 0.05) is 13.0 Å². The van der Waals surface area contributed by atoms with Crippen LogP contribution < -0.4 is 16.2 Å². The van der Waals surface area contributed by atoms with Crippen LogP contribution in [0.25, 0.3) is 10.9 Å². The van der Waals surface area contributed by atoms with Gasteiger partial charge < -0.3 is 15.6 Å². The van der Waals surface area contributed by atoms with Crippen LogP contribution in [0, 0.1) is 4.77 Å². The first kappa shape index (κ1) is 19.6. The molecule has 11 heteroatoms. The third-order valence-corrected chi connectivity index (χ3v) is 3.71. The number of rotatable bonds is 6.